The van der Waals surface area contributed by atoms with Crippen molar-refractivity contribution in [3.63, 3.8) is 0 Å². The van der Waals surface area contributed by atoms with Gasteiger partial charge in [-0.15, -0.1) is 0 Å². The molecule has 1 amide bonds. The number of carbonyl (C=O) groups excluding carboxylic acids is 1. The summed E-state index contributed by atoms with van der Waals surface area (Å²) in [5, 5.41) is 3.95. The van der Waals surface area contributed by atoms with Gasteiger partial charge in [0.15, 0.2) is 0 Å². The minimum atomic E-state index is -4.02. The molecule has 3 aromatic carbocycles. The zero-order chi connectivity index (χ0) is 24.4. The Labute approximate surface area is 199 Å². The first-order valence-corrected chi connectivity index (χ1v) is 12.2. The van der Waals surface area contributed by atoms with E-state index in [0.29, 0.717) is 24.7 Å². The lowest BCUT2D eigenvalue weighted by Gasteiger charge is -2.23. The lowest BCUT2D eigenvalue weighted by molar-refractivity contribution is -0.119. The summed E-state index contributed by atoms with van der Waals surface area (Å²) in [6, 6.07) is 21.7. The van der Waals surface area contributed by atoms with Gasteiger partial charge in [-0.25, -0.2) is 13.8 Å². The van der Waals surface area contributed by atoms with Crippen LogP contribution in [0.4, 0.5) is 5.69 Å². The summed E-state index contributed by atoms with van der Waals surface area (Å²) in [5.41, 5.74) is 3.51. The number of hydrogen-bond acceptors (Lipinski definition) is 6. The molecule has 0 aliphatic heterocycles. The lowest BCUT2D eigenvalue weighted by atomic mass is 10.2. The van der Waals surface area contributed by atoms with Gasteiger partial charge in [-0.05, 0) is 80.1 Å². The predicted molar refractivity (Wildman–Crippen MR) is 132 cm³/mol. The van der Waals surface area contributed by atoms with Crippen LogP contribution in [0.15, 0.2) is 88.9 Å². The van der Waals surface area contributed by atoms with Crippen molar-refractivity contribution in [2.75, 3.05) is 24.1 Å². The summed E-state index contributed by atoms with van der Waals surface area (Å²) in [5.74, 6) is 0.719. The lowest BCUT2D eigenvalue weighted by Crippen LogP contribution is -2.39. The van der Waals surface area contributed by atoms with Crippen molar-refractivity contribution in [2.24, 2.45) is 5.10 Å². The Morgan fingerprint density at radius 1 is 0.882 bits per heavy atom. The van der Waals surface area contributed by atoms with Gasteiger partial charge in [0.2, 0.25) is 0 Å². The first-order chi connectivity index (χ1) is 16.4. The van der Waals surface area contributed by atoms with Gasteiger partial charge < -0.3 is 9.47 Å². The highest BCUT2D eigenvalue weighted by atomic mass is 32.2. The number of benzene rings is 3. The van der Waals surface area contributed by atoms with Crippen molar-refractivity contribution in [3.8, 4) is 11.5 Å². The monoisotopic (exact) mass is 481 g/mol. The second-order valence-electron chi connectivity index (χ2n) is 7.05. The molecule has 0 fully saturated rings. The maximum atomic E-state index is 13.4. The third-order valence-corrected chi connectivity index (χ3v) is 6.44. The van der Waals surface area contributed by atoms with Crippen LogP contribution in [0, 0.1) is 0 Å². The van der Waals surface area contributed by atoms with Crippen molar-refractivity contribution in [1.82, 2.24) is 5.43 Å². The van der Waals surface area contributed by atoms with Gasteiger partial charge in [-0.1, -0.05) is 18.2 Å². The number of carbonyl (C=O) groups is 1. The van der Waals surface area contributed by atoms with Gasteiger partial charge in [-0.2, -0.15) is 5.10 Å². The molecule has 0 radical (unpaired) electrons. The van der Waals surface area contributed by atoms with E-state index in [4.69, 9.17) is 9.47 Å². The normalized spacial score (nSPS) is 11.2. The molecular weight excluding hydrogens is 454 g/mol. The number of hydrogen-bond donors (Lipinski definition) is 1. The maximum Gasteiger partial charge on any atom is 0.264 e. The molecule has 0 bridgehead atoms. The molecule has 0 aliphatic rings. The van der Waals surface area contributed by atoms with Gasteiger partial charge in [-0.3, -0.25) is 9.10 Å². The Hall–Kier alpha value is -3.85. The van der Waals surface area contributed by atoms with Gasteiger partial charge in [0.05, 0.1) is 30.0 Å². The number of hydrazone groups is 1. The van der Waals surface area contributed by atoms with E-state index in [0.717, 1.165) is 15.6 Å². The molecule has 0 unspecified atom stereocenters. The first kappa shape index (κ1) is 24.8. The highest BCUT2D eigenvalue weighted by Crippen LogP contribution is 2.25. The molecule has 3 rings (SSSR count). The fraction of sp³-hybridized carbons (Fsp3) is 0.200. The Balaban J connectivity index is 1.75. The summed E-state index contributed by atoms with van der Waals surface area (Å²) < 4.78 is 38.6. The van der Waals surface area contributed by atoms with E-state index in [1.165, 1.54) is 18.3 Å². The topological polar surface area (TPSA) is 97.3 Å². The van der Waals surface area contributed by atoms with Crippen LogP contribution in [0.25, 0.3) is 0 Å². The van der Waals surface area contributed by atoms with Crippen molar-refractivity contribution < 1.29 is 22.7 Å². The number of nitrogens with one attached hydrogen (secondary N) is 1. The molecule has 1 N–H and O–H groups in total. The van der Waals surface area contributed by atoms with Crippen molar-refractivity contribution in [2.45, 2.75) is 18.7 Å². The number of rotatable bonds is 11. The Kier molecular flexibility index (Phi) is 8.64. The molecule has 0 saturated heterocycles. The molecule has 3 aromatic rings. The quantitative estimate of drug-likeness (QED) is 0.332. The smallest absolute Gasteiger partial charge is 0.264 e. The van der Waals surface area contributed by atoms with Crippen LogP contribution >= 0.6 is 0 Å². The molecule has 0 atom stereocenters. The van der Waals surface area contributed by atoms with Gasteiger partial charge in [0, 0.05) is 0 Å². The van der Waals surface area contributed by atoms with E-state index < -0.39 is 22.5 Å². The van der Waals surface area contributed by atoms with Crippen LogP contribution in [0.1, 0.15) is 19.4 Å². The van der Waals surface area contributed by atoms with Crippen LogP contribution in [-0.2, 0) is 14.8 Å². The van der Waals surface area contributed by atoms with Crippen LogP contribution in [-0.4, -0.2) is 40.3 Å². The minimum absolute atomic E-state index is 0.0468. The van der Waals surface area contributed by atoms with Crippen molar-refractivity contribution >= 4 is 27.8 Å². The summed E-state index contributed by atoms with van der Waals surface area (Å²) in [4.78, 5) is 12.6. The summed E-state index contributed by atoms with van der Waals surface area (Å²) in [6.07, 6.45) is 1.47. The molecule has 9 heteroatoms. The second kappa shape index (κ2) is 11.9. The molecule has 0 heterocycles. The predicted octanol–water partition coefficient (Wildman–Crippen LogP) is 3.83. The molecule has 0 spiro atoms. The van der Waals surface area contributed by atoms with E-state index in [2.05, 4.69) is 10.5 Å². The average Bonchev–Trinajstić information content (AvgIpc) is 2.85. The van der Waals surface area contributed by atoms with Gasteiger partial charge >= 0.3 is 0 Å². The molecular formula is C25H27N3O5S. The molecule has 0 aromatic heterocycles. The number of ether oxygens (including phenoxy) is 2. The van der Waals surface area contributed by atoms with Gasteiger partial charge in [0.25, 0.3) is 15.9 Å². The maximum absolute atomic E-state index is 13.4. The summed E-state index contributed by atoms with van der Waals surface area (Å²) in [6.45, 7) is 4.35. The number of para-hydroxylation sites is 1. The van der Waals surface area contributed by atoms with E-state index in [1.54, 1.807) is 66.7 Å². The van der Waals surface area contributed by atoms with E-state index in [9.17, 15) is 13.2 Å². The van der Waals surface area contributed by atoms with Crippen LogP contribution in [0.2, 0.25) is 0 Å². The first-order valence-electron chi connectivity index (χ1n) is 10.8. The average molecular weight is 482 g/mol. The zero-order valence-corrected chi connectivity index (χ0v) is 19.9. The second-order valence-corrected chi connectivity index (χ2v) is 8.91. The van der Waals surface area contributed by atoms with Crippen LogP contribution in [0.3, 0.4) is 0 Å². The number of amides is 1. The Morgan fingerprint density at radius 3 is 2.00 bits per heavy atom. The van der Waals surface area contributed by atoms with Gasteiger partial charge in [0.1, 0.15) is 18.0 Å². The Bertz CT molecular complexity index is 1200. The fourth-order valence-corrected chi connectivity index (χ4v) is 4.49. The zero-order valence-electron chi connectivity index (χ0n) is 19.0. The fourth-order valence-electron chi connectivity index (χ4n) is 3.07. The highest BCUT2D eigenvalue weighted by molar-refractivity contribution is 7.92. The standard InChI is InChI=1S/C25H27N3O5S/c1-3-32-22-12-10-20(11-13-22)18-26-27-25(29)19-28(21-8-6-5-7-9-21)34(30,31)24-16-14-23(15-17-24)33-4-2/h5-18H,3-4,19H2,1-2H3,(H,27,29)/b26-18-. The van der Waals surface area contributed by atoms with Crippen molar-refractivity contribution in [3.05, 3.63) is 84.4 Å². The SMILES string of the molecule is CCOc1ccc(/C=N\NC(=O)CN(c2ccccc2)S(=O)(=O)c2ccc(OCC)cc2)cc1. The molecule has 0 aliphatic carbocycles. The van der Waals surface area contributed by atoms with Crippen LogP contribution in [0.5, 0.6) is 11.5 Å². The number of sulfonamides is 1. The summed E-state index contributed by atoms with van der Waals surface area (Å²) >= 11 is 0. The molecule has 178 valence electrons. The Morgan fingerprint density at radius 2 is 1.44 bits per heavy atom. The summed E-state index contributed by atoms with van der Waals surface area (Å²) in [7, 11) is -4.02. The molecule has 8 nitrogen and oxygen atoms in total. The number of anilines is 1. The molecule has 0 saturated carbocycles. The number of nitrogens with zero attached hydrogens (tertiary/aromatic N) is 2. The largest absolute Gasteiger partial charge is 0.494 e. The minimum Gasteiger partial charge on any atom is -0.494 e. The van der Waals surface area contributed by atoms with E-state index in [1.807, 2.05) is 13.8 Å². The third-order valence-electron chi connectivity index (χ3n) is 4.65. The molecule has 34 heavy (non-hydrogen) atoms. The highest BCUT2D eigenvalue weighted by Gasteiger charge is 2.27. The van der Waals surface area contributed by atoms with E-state index in [-0.39, 0.29) is 4.90 Å². The van der Waals surface area contributed by atoms with Crippen LogP contribution < -0.4 is 19.2 Å². The van der Waals surface area contributed by atoms with Crippen molar-refractivity contribution in [1.29, 1.82) is 0 Å². The van der Waals surface area contributed by atoms with E-state index >= 15 is 0 Å². The third kappa shape index (κ3) is 6.58.